The zero-order chi connectivity index (χ0) is 12.5. The predicted molar refractivity (Wildman–Crippen MR) is 76.6 cm³/mol. The van der Waals surface area contributed by atoms with Crippen molar-refractivity contribution in [1.82, 2.24) is 0 Å². The Kier molecular flexibility index (Phi) is 2.77. The third-order valence-corrected chi connectivity index (χ3v) is 3.41. The van der Waals surface area contributed by atoms with Gasteiger partial charge in [0.25, 0.3) is 0 Å². The fourth-order valence-corrected chi connectivity index (χ4v) is 2.40. The van der Waals surface area contributed by atoms with Crippen molar-refractivity contribution in [3.05, 3.63) is 67.1 Å². The summed E-state index contributed by atoms with van der Waals surface area (Å²) in [5, 5.41) is 4.97. The molecule has 1 radical (unpaired) electrons. The van der Waals surface area contributed by atoms with Crippen LogP contribution in [0.15, 0.2) is 54.6 Å². The number of methoxy groups -OCH3 is 1. The first kappa shape index (κ1) is 11.2. The van der Waals surface area contributed by atoms with E-state index in [0.717, 1.165) is 5.56 Å². The number of hydrogen-bond donors (Lipinski definition) is 0. The van der Waals surface area contributed by atoms with E-state index >= 15 is 0 Å². The Morgan fingerprint density at radius 1 is 0.889 bits per heavy atom. The van der Waals surface area contributed by atoms with Gasteiger partial charge < -0.3 is 4.74 Å². The summed E-state index contributed by atoms with van der Waals surface area (Å²) in [7, 11) is 1.69. The third kappa shape index (κ3) is 1.77. The fourth-order valence-electron chi connectivity index (χ4n) is 2.40. The van der Waals surface area contributed by atoms with Crippen LogP contribution < -0.4 is 0 Å². The van der Waals surface area contributed by atoms with Gasteiger partial charge >= 0.3 is 0 Å². The molecule has 0 aromatic heterocycles. The van der Waals surface area contributed by atoms with Gasteiger partial charge in [-0.25, -0.2) is 0 Å². The van der Waals surface area contributed by atoms with Gasteiger partial charge in [0.2, 0.25) is 0 Å². The highest BCUT2D eigenvalue weighted by molar-refractivity contribution is 5.99. The lowest BCUT2D eigenvalue weighted by atomic mass is 9.97. The summed E-state index contributed by atoms with van der Waals surface area (Å²) >= 11 is 0. The molecule has 0 amide bonds. The maximum absolute atomic E-state index is 5.35. The van der Waals surface area contributed by atoms with Crippen LogP contribution in [0.5, 0.6) is 0 Å². The fraction of sp³-hybridized carbons (Fsp3) is 0.118. The average Bonchev–Trinajstić information content (AvgIpc) is 2.43. The van der Waals surface area contributed by atoms with Gasteiger partial charge in [0.15, 0.2) is 0 Å². The van der Waals surface area contributed by atoms with Gasteiger partial charge in [0.1, 0.15) is 0 Å². The molecular formula is C17H15O. The summed E-state index contributed by atoms with van der Waals surface area (Å²) in [6.07, 6.45) is -0.130. The molecule has 0 fully saturated rings. The van der Waals surface area contributed by atoms with Crippen molar-refractivity contribution in [1.29, 1.82) is 0 Å². The summed E-state index contributed by atoms with van der Waals surface area (Å²) < 4.78 is 5.35. The summed E-state index contributed by atoms with van der Waals surface area (Å²) in [6.45, 7) is 4.03. The van der Waals surface area contributed by atoms with E-state index < -0.39 is 0 Å². The predicted octanol–water partition coefficient (Wildman–Crippen LogP) is 4.51. The minimum atomic E-state index is -0.130. The number of fused-ring (bicyclic) bond motifs is 2. The first-order chi connectivity index (χ1) is 8.79. The Hall–Kier alpha value is -1.86. The maximum Gasteiger partial charge on any atom is 0.0828 e. The number of ether oxygens (including phenoxy) is 1. The van der Waals surface area contributed by atoms with Gasteiger partial charge in [0, 0.05) is 7.11 Å². The molecular weight excluding hydrogens is 220 g/mol. The monoisotopic (exact) mass is 235 g/mol. The smallest absolute Gasteiger partial charge is 0.0828 e. The van der Waals surface area contributed by atoms with E-state index in [2.05, 4.69) is 61.5 Å². The highest BCUT2D eigenvalue weighted by Gasteiger charge is 2.08. The molecule has 0 aliphatic heterocycles. The van der Waals surface area contributed by atoms with E-state index in [9.17, 15) is 0 Å². The van der Waals surface area contributed by atoms with Crippen molar-refractivity contribution in [2.45, 2.75) is 6.10 Å². The Morgan fingerprint density at radius 2 is 1.56 bits per heavy atom. The highest BCUT2D eigenvalue weighted by atomic mass is 16.5. The topological polar surface area (TPSA) is 9.23 Å². The summed E-state index contributed by atoms with van der Waals surface area (Å²) in [4.78, 5) is 0. The van der Waals surface area contributed by atoms with Gasteiger partial charge in [-0.05, 0) is 46.2 Å². The Bertz CT molecular complexity index is 700. The van der Waals surface area contributed by atoms with Gasteiger partial charge in [-0.1, -0.05) is 42.5 Å². The first-order valence-electron chi connectivity index (χ1n) is 6.07. The normalized spacial score (nSPS) is 13.0. The molecule has 0 N–H and O–H groups in total. The molecule has 1 atom stereocenters. The lowest BCUT2D eigenvalue weighted by Crippen LogP contribution is -1.97. The van der Waals surface area contributed by atoms with Gasteiger partial charge in [-0.2, -0.15) is 0 Å². The second-order valence-electron chi connectivity index (χ2n) is 4.49. The summed E-state index contributed by atoms with van der Waals surface area (Å²) in [5.41, 5.74) is 1.14. The number of hydrogen-bond acceptors (Lipinski definition) is 1. The van der Waals surface area contributed by atoms with E-state index in [1.165, 1.54) is 21.5 Å². The lowest BCUT2D eigenvalue weighted by molar-refractivity contribution is 0.142. The molecule has 3 aromatic carbocycles. The molecule has 1 nitrogen and oxygen atoms in total. The van der Waals surface area contributed by atoms with E-state index in [0.29, 0.717) is 0 Å². The van der Waals surface area contributed by atoms with Crippen LogP contribution in [0.2, 0.25) is 0 Å². The summed E-state index contributed by atoms with van der Waals surface area (Å²) in [5.74, 6) is 0. The van der Waals surface area contributed by atoms with E-state index in [4.69, 9.17) is 4.74 Å². The Labute approximate surface area is 107 Å². The standard InChI is InChI=1S/C17H15O/c1-12(18-2)16-9-5-8-15-10-13-6-3-4-7-14(13)11-17(15)16/h3-12H,1H2,2H3. The van der Waals surface area contributed by atoms with Crippen molar-refractivity contribution in [2.24, 2.45) is 0 Å². The maximum atomic E-state index is 5.35. The first-order valence-corrected chi connectivity index (χ1v) is 6.07. The second-order valence-corrected chi connectivity index (χ2v) is 4.49. The summed E-state index contributed by atoms with van der Waals surface area (Å²) in [6, 6.07) is 19.1. The molecule has 3 rings (SSSR count). The zero-order valence-corrected chi connectivity index (χ0v) is 10.4. The molecule has 0 aliphatic carbocycles. The molecule has 0 aliphatic rings. The molecule has 0 bridgehead atoms. The van der Waals surface area contributed by atoms with E-state index in [1.54, 1.807) is 7.11 Å². The Morgan fingerprint density at radius 3 is 2.28 bits per heavy atom. The molecule has 0 spiro atoms. The number of benzene rings is 3. The van der Waals surface area contributed by atoms with Crippen molar-refractivity contribution in [2.75, 3.05) is 7.11 Å². The lowest BCUT2D eigenvalue weighted by Gasteiger charge is -2.13. The van der Waals surface area contributed by atoms with Crippen molar-refractivity contribution in [3.63, 3.8) is 0 Å². The van der Waals surface area contributed by atoms with Crippen LogP contribution in [0, 0.1) is 6.92 Å². The largest absolute Gasteiger partial charge is 0.377 e. The third-order valence-electron chi connectivity index (χ3n) is 3.41. The molecule has 89 valence electrons. The minimum Gasteiger partial charge on any atom is -0.377 e. The highest BCUT2D eigenvalue weighted by Crippen LogP contribution is 2.29. The van der Waals surface area contributed by atoms with Crippen LogP contribution in [0.25, 0.3) is 21.5 Å². The van der Waals surface area contributed by atoms with Gasteiger partial charge in [-0.15, -0.1) is 0 Å². The molecule has 0 heterocycles. The van der Waals surface area contributed by atoms with Crippen molar-refractivity contribution >= 4 is 21.5 Å². The van der Waals surface area contributed by atoms with Crippen LogP contribution in [-0.4, -0.2) is 7.11 Å². The van der Waals surface area contributed by atoms with Crippen molar-refractivity contribution in [3.8, 4) is 0 Å². The van der Waals surface area contributed by atoms with E-state index in [-0.39, 0.29) is 6.10 Å². The van der Waals surface area contributed by atoms with E-state index in [1.807, 2.05) is 0 Å². The van der Waals surface area contributed by atoms with Crippen LogP contribution in [0.1, 0.15) is 11.7 Å². The molecule has 1 heteroatoms. The molecule has 0 saturated heterocycles. The second kappa shape index (κ2) is 4.43. The average molecular weight is 235 g/mol. The zero-order valence-electron chi connectivity index (χ0n) is 10.4. The Balaban J connectivity index is 2.36. The molecule has 1 unspecified atom stereocenters. The quantitative estimate of drug-likeness (QED) is 0.594. The molecule has 3 aromatic rings. The number of rotatable bonds is 2. The molecule has 0 saturated carbocycles. The minimum absolute atomic E-state index is 0.130. The van der Waals surface area contributed by atoms with Crippen LogP contribution >= 0.6 is 0 Å². The van der Waals surface area contributed by atoms with Gasteiger partial charge in [0.05, 0.1) is 6.10 Å². The SMILES string of the molecule is [CH2]C(OC)c1cccc2cc3ccccc3cc12. The van der Waals surface area contributed by atoms with Gasteiger partial charge in [-0.3, -0.25) is 0 Å². The molecule has 18 heavy (non-hydrogen) atoms. The van der Waals surface area contributed by atoms with Crippen LogP contribution in [-0.2, 0) is 4.74 Å². The van der Waals surface area contributed by atoms with Crippen LogP contribution in [0.4, 0.5) is 0 Å². The van der Waals surface area contributed by atoms with Crippen LogP contribution in [0.3, 0.4) is 0 Å². The van der Waals surface area contributed by atoms with Crippen molar-refractivity contribution < 1.29 is 4.74 Å².